The molecule has 0 radical (unpaired) electrons. The molecule has 0 aliphatic heterocycles. The molecule has 0 aliphatic rings. The van der Waals surface area contributed by atoms with Gasteiger partial charge in [0.15, 0.2) is 0 Å². The Morgan fingerprint density at radius 2 is 2.00 bits per heavy atom. The minimum Gasteiger partial charge on any atom is -0.494 e. The van der Waals surface area contributed by atoms with E-state index in [2.05, 4.69) is 20.0 Å². The fourth-order valence-electron chi connectivity index (χ4n) is 2.68. The minimum absolute atomic E-state index is 0.0466. The van der Waals surface area contributed by atoms with Crippen molar-refractivity contribution >= 4 is 5.91 Å². The van der Waals surface area contributed by atoms with Crippen LogP contribution in [0.5, 0.6) is 5.75 Å². The van der Waals surface area contributed by atoms with Crippen LogP contribution in [-0.4, -0.2) is 27.2 Å². The Morgan fingerprint density at radius 3 is 2.67 bits per heavy atom. The van der Waals surface area contributed by atoms with Gasteiger partial charge in [-0.25, -0.2) is 0 Å². The average molecular weight is 368 g/mol. The van der Waals surface area contributed by atoms with Crippen molar-refractivity contribution in [3.63, 3.8) is 0 Å². The van der Waals surface area contributed by atoms with Gasteiger partial charge in [-0.15, -0.1) is 0 Å². The van der Waals surface area contributed by atoms with Crippen molar-refractivity contribution in [3.05, 3.63) is 53.7 Å². The second kappa shape index (κ2) is 8.53. The number of aromatic nitrogens is 3. The van der Waals surface area contributed by atoms with Crippen LogP contribution in [0.15, 0.2) is 40.9 Å². The van der Waals surface area contributed by atoms with Crippen molar-refractivity contribution in [2.75, 3.05) is 6.61 Å². The molecule has 0 aliphatic carbocycles. The lowest BCUT2D eigenvalue weighted by Gasteiger charge is -2.06. The molecule has 1 aromatic carbocycles. The molecule has 142 valence electrons. The smallest absolute Gasteiger partial charge is 0.227 e. The number of amides is 1. The first kappa shape index (κ1) is 18.7. The maximum atomic E-state index is 12.1. The highest BCUT2D eigenvalue weighted by Crippen LogP contribution is 2.20. The predicted molar refractivity (Wildman–Crippen MR) is 101 cm³/mol. The number of hydrogen-bond acceptors (Lipinski definition) is 5. The largest absolute Gasteiger partial charge is 0.494 e. The van der Waals surface area contributed by atoms with Gasteiger partial charge in [0.1, 0.15) is 5.75 Å². The van der Waals surface area contributed by atoms with Gasteiger partial charge in [-0.3, -0.25) is 4.79 Å². The van der Waals surface area contributed by atoms with Crippen LogP contribution in [0, 0.1) is 6.92 Å². The van der Waals surface area contributed by atoms with Crippen LogP contribution in [0.1, 0.15) is 30.6 Å². The summed E-state index contributed by atoms with van der Waals surface area (Å²) in [6, 6.07) is 11.5. The van der Waals surface area contributed by atoms with Crippen LogP contribution >= 0.6 is 0 Å². The number of carbonyl (C=O) groups is 1. The van der Waals surface area contributed by atoms with E-state index in [1.165, 1.54) is 0 Å². The van der Waals surface area contributed by atoms with Crippen molar-refractivity contribution in [3.8, 4) is 17.1 Å². The highest BCUT2D eigenvalue weighted by atomic mass is 16.5. The zero-order chi connectivity index (χ0) is 19.2. The van der Waals surface area contributed by atoms with E-state index < -0.39 is 0 Å². The lowest BCUT2D eigenvalue weighted by Crippen LogP contribution is -2.24. The maximum Gasteiger partial charge on any atom is 0.227 e. The number of carbonyl (C=O) groups excluding carboxylic acids is 1. The minimum atomic E-state index is -0.0466. The summed E-state index contributed by atoms with van der Waals surface area (Å²) in [4.78, 5) is 16.4. The van der Waals surface area contributed by atoms with Crippen LogP contribution in [0.3, 0.4) is 0 Å². The molecule has 2 heterocycles. The van der Waals surface area contributed by atoms with Crippen LogP contribution < -0.4 is 10.1 Å². The Balaban J connectivity index is 1.50. The second-order valence-electron chi connectivity index (χ2n) is 6.27. The fourth-order valence-corrected chi connectivity index (χ4v) is 2.68. The Hall–Kier alpha value is -3.09. The number of aryl methyl sites for hydroxylation is 2. The van der Waals surface area contributed by atoms with Crippen molar-refractivity contribution in [1.29, 1.82) is 0 Å². The van der Waals surface area contributed by atoms with Gasteiger partial charge < -0.3 is 19.1 Å². The van der Waals surface area contributed by atoms with Crippen LogP contribution in [0.2, 0.25) is 0 Å². The van der Waals surface area contributed by atoms with E-state index in [0.29, 0.717) is 37.7 Å². The fraction of sp³-hybridized carbons (Fsp3) is 0.350. The molecule has 0 fully saturated rings. The van der Waals surface area contributed by atoms with Gasteiger partial charge in [0.05, 0.1) is 13.2 Å². The number of rotatable bonds is 8. The average Bonchev–Trinajstić information content (AvgIpc) is 3.27. The molecule has 0 atom stereocenters. The zero-order valence-electron chi connectivity index (χ0n) is 15.9. The van der Waals surface area contributed by atoms with Crippen molar-refractivity contribution in [2.24, 2.45) is 7.05 Å². The highest BCUT2D eigenvalue weighted by Gasteiger charge is 2.11. The molecule has 7 nitrogen and oxygen atoms in total. The van der Waals surface area contributed by atoms with Crippen LogP contribution in [0.4, 0.5) is 0 Å². The highest BCUT2D eigenvalue weighted by molar-refractivity contribution is 5.76. The van der Waals surface area contributed by atoms with Crippen LogP contribution in [-0.2, 0) is 24.8 Å². The first-order valence-corrected chi connectivity index (χ1v) is 9.00. The summed E-state index contributed by atoms with van der Waals surface area (Å²) in [5.41, 5.74) is 3.07. The van der Waals surface area contributed by atoms with E-state index in [0.717, 1.165) is 22.7 Å². The first-order chi connectivity index (χ1) is 13.1. The van der Waals surface area contributed by atoms with Gasteiger partial charge >= 0.3 is 0 Å². The van der Waals surface area contributed by atoms with Crippen molar-refractivity contribution in [1.82, 2.24) is 20.0 Å². The van der Waals surface area contributed by atoms with E-state index in [-0.39, 0.29) is 5.91 Å². The molecule has 27 heavy (non-hydrogen) atoms. The third-order valence-corrected chi connectivity index (χ3v) is 4.40. The van der Waals surface area contributed by atoms with E-state index in [4.69, 9.17) is 9.26 Å². The van der Waals surface area contributed by atoms with Gasteiger partial charge in [0, 0.05) is 36.8 Å². The standard InChI is InChI=1S/C20H24N4O3/c1-4-26-17-9-6-15(7-10-17)20-22-19(27-23-20)12-11-18(25)21-13-16-8-5-14(2)24(16)3/h5-10H,4,11-13H2,1-3H3,(H,21,25). The summed E-state index contributed by atoms with van der Waals surface area (Å²) >= 11 is 0. The van der Waals surface area contributed by atoms with Crippen molar-refractivity contribution in [2.45, 2.75) is 33.2 Å². The van der Waals surface area contributed by atoms with Gasteiger partial charge in [0.25, 0.3) is 0 Å². The molecule has 0 spiro atoms. The summed E-state index contributed by atoms with van der Waals surface area (Å²) in [6.07, 6.45) is 0.705. The molecular weight excluding hydrogens is 344 g/mol. The lowest BCUT2D eigenvalue weighted by atomic mass is 10.2. The Kier molecular flexibility index (Phi) is 5.90. The molecule has 3 aromatic rings. The topological polar surface area (TPSA) is 82.2 Å². The monoisotopic (exact) mass is 368 g/mol. The summed E-state index contributed by atoms with van der Waals surface area (Å²) in [5, 5.41) is 6.90. The molecule has 0 bridgehead atoms. The summed E-state index contributed by atoms with van der Waals surface area (Å²) in [6.45, 7) is 5.10. The normalized spacial score (nSPS) is 10.8. The number of benzene rings is 1. The Labute approximate surface area is 158 Å². The lowest BCUT2D eigenvalue weighted by molar-refractivity contribution is -0.121. The SMILES string of the molecule is CCOc1ccc(-c2noc(CCC(=O)NCc3ccc(C)n3C)n2)cc1. The Bertz CT molecular complexity index is 896. The molecule has 0 saturated heterocycles. The van der Waals surface area contributed by atoms with Gasteiger partial charge in [-0.05, 0) is 50.2 Å². The molecular formula is C20H24N4O3. The third kappa shape index (κ3) is 4.75. The Morgan fingerprint density at radius 1 is 1.22 bits per heavy atom. The molecule has 0 unspecified atom stereocenters. The first-order valence-electron chi connectivity index (χ1n) is 9.00. The molecule has 7 heteroatoms. The van der Waals surface area contributed by atoms with Crippen molar-refractivity contribution < 1.29 is 14.1 Å². The molecule has 2 aromatic heterocycles. The summed E-state index contributed by atoms with van der Waals surface area (Å²) in [7, 11) is 1.98. The zero-order valence-corrected chi connectivity index (χ0v) is 15.9. The number of ether oxygens (including phenoxy) is 1. The second-order valence-corrected chi connectivity index (χ2v) is 6.27. The molecule has 3 rings (SSSR count). The van der Waals surface area contributed by atoms with E-state index in [1.54, 1.807) is 0 Å². The van der Waals surface area contributed by atoms with E-state index >= 15 is 0 Å². The predicted octanol–water partition coefficient (Wildman–Crippen LogP) is 3.03. The number of nitrogens with one attached hydrogen (secondary N) is 1. The van der Waals surface area contributed by atoms with E-state index in [9.17, 15) is 4.79 Å². The molecule has 1 amide bonds. The number of nitrogens with zero attached hydrogens (tertiary/aromatic N) is 3. The van der Waals surface area contributed by atoms with Gasteiger partial charge in [-0.2, -0.15) is 4.98 Å². The molecule has 1 N–H and O–H groups in total. The van der Waals surface area contributed by atoms with E-state index in [1.807, 2.05) is 57.3 Å². The summed E-state index contributed by atoms with van der Waals surface area (Å²) in [5.74, 6) is 1.71. The van der Waals surface area contributed by atoms with Gasteiger partial charge in [0.2, 0.25) is 17.6 Å². The van der Waals surface area contributed by atoms with Crippen LogP contribution in [0.25, 0.3) is 11.4 Å². The maximum absolute atomic E-state index is 12.1. The third-order valence-electron chi connectivity index (χ3n) is 4.40. The summed E-state index contributed by atoms with van der Waals surface area (Å²) < 4.78 is 12.7. The molecule has 0 saturated carbocycles. The number of hydrogen-bond donors (Lipinski definition) is 1. The van der Waals surface area contributed by atoms with Gasteiger partial charge in [-0.1, -0.05) is 5.16 Å². The quantitative estimate of drug-likeness (QED) is 0.661.